The van der Waals surface area contributed by atoms with E-state index in [2.05, 4.69) is 41.8 Å². The maximum Gasteiger partial charge on any atom is 0.251 e. The van der Waals surface area contributed by atoms with E-state index in [1.807, 2.05) is 60.9 Å². The van der Waals surface area contributed by atoms with Gasteiger partial charge in [0.2, 0.25) is 5.91 Å². The van der Waals surface area contributed by atoms with Crippen LogP contribution in [0.3, 0.4) is 0 Å². The van der Waals surface area contributed by atoms with Gasteiger partial charge in [0.25, 0.3) is 5.91 Å². The van der Waals surface area contributed by atoms with Gasteiger partial charge in [-0.2, -0.15) is 11.8 Å². The molecular weight excluding hydrogens is 416 g/mol. The van der Waals surface area contributed by atoms with Crippen molar-refractivity contribution in [2.24, 2.45) is 0 Å². The minimum atomic E-state index is -0.592. The molecule has 3 aromatic carbocycles. The van der Waals surface area contributed by atoms with Gasteiger partial charge >= 0.3 is 0 Å². The number of carbonyl (C=O) groups excluding carboxylic acids is 2. The summed E-state index contributed by atoms with van der Waals surface area (Å²) in [5.41, 5.74) is 2.40. The number of hydrogen-bond acceptors (Lipinski definition) is 3. The quantitative estimate of drug-likeness (QED) is 0.476. The van der Waals surface area contributed by atoms with E-state index in [0.717, 1.165) is 16.9 Å². The zero-order valence-electron chi connectivity index (χ0n) is 18.6. The highest BCUT2D eigenvalue weighted by Gasteiger charge is 2.31. The molecule has 3 rings (SSSR count). The van der Waals surface area contributed by atoms with Crippen LogP contribution >= 0.6 is 11.8 Å². The van der Waals surface area contributed by atoms with Crippen LogP contribution in [0, 0.1) is 0 Å². The maximum absolute atomic E-state index is 13.2. The van der Waals surface area contributed by atoms with E-state index in [1.165, 1.54) is 0 Å². The van der Waals surface area contributed by atoms with Crippen LogP contribution in [0.15, 0.2) is 91.0 Å². The Balaban J connectivity index is 1.77. The molecule has 32 heavy (non-hydrogen) atoms. The van der Waals surface area contributed by atoms with Crippen molar-refractivity contribution in [3.05, 3.63) is 108 Å². The van der Waals surface area contributed by atoms with Crippen LogP contribution in [0.1, 0.15) is 34.8 Å². The first-order valence-electron chi connectivity index (χ1n) is 10.8. The molecule has 0 saturated carbocycles. The van der Waals surface area contributed by atoms with Gasteiger partial charge in [-0.05, 0) is 48.6 Å². The van der Waals surface area contributed by atoms with E-state index in [1.54, 1.807) is 23.9 Å². The lowest BCUT2D eigenvalue weighted by Crippen LogP contribution is -2.50. The molecule has 1 atom stereocenters. The Labute approximate surface area is 194 Å². The highest BCUT2D eigenvalue weighted by molar-refractivity contribution is 7.98. The Morgan fingerprint density at radius 1 is 0.844 bits per heavy atom. The summed E-state index contributed by atoms with van der Waals surface area (Å²) in [6.45, 7) is 2.56. The summed E-state index contributed by atoms with van der Waals surface area (Å²) in [6, 6.07) is 28.8. The Morgan fingerprint density at radius 2 is 1.34 bits per heavy atom. The third-order valence-electron chi connectivity index (χ3n) is 5.71. The molecular formula is C27H30N2O2S. The second kappa shape index (κ2) is 11.5. The lowest BCUT2D eigenvalue weighted by molar-refractivity contribution is -0.123. The number of thioether (sulfide) groups is 1. The molecule has 3 aromatic rings. The molecule has 0 saturated heterocycles. The molecule has 0 aliphatic carbocycles. The monoisotopic (exact) mass is 446 g/mol. The fourth-order valence-corrected chi connectivity index (χ4v) is 4.18. The molecule has 0 spiro atoms. The molecule has 166 valence electrons. The zero-order chi connectivity index (χ0) is 22.8. The largest absolute Gasteiger partial charge is 0.353 e. The molecule has 0 fully saturated rings. The summed E-state index contributed by atoms with van der Waals surface area (Å²) in [7, 11) is 0. The molecule has 2 amide bonds. The smallest absolute Gasteiger partial charge is 0.251 e. The summed E-state index contributed by atoms with van der Waals surface area (Å²) >= 11 is 1.66. The number of hydrogen-bond donors (Lipinski definition) is 2. The average Bonchev–Trinajstić information content (AvgIpc) is 2.86. The van der Waals surface area contributed by atoms with Gasteiger partial charge in [0.05, 0.1) is 0 Å². The highest BCUT2D eigenvalue weighted by Crippen LogP contribution is 2.31. The summed E-state index contributed by atoms with van der Waals surface area (Å²) < 4.78 is 0. The van der Waals surface area contributed by atoms with E-state index in [0.29, 0.717) is 18.5 Å². The van der Waals surface area contributed by atoms with Crippen molar-refractivity contribution < 1.29 is 9.59 Å². The third-order valence-corrected chi connectivity index (χ3v) is 6.35. The molecule has 0 aliphatic heterocycles. The van der Waals surface area contributed by atoms with Crippen molar-refractivity contribution >= 4 is 23.6 Å². The van der Waals surface area contributed by atoms with Crippen LogP contribution in [0.25, 0.3) is 0 Å². The fraction of sp³-hybridized carbons (Fsp3) is 0.259. The van der Waals surface area contributed by atoms with Crippen LogP contribution in [-0.4, -0.2) is 36.4 Å². The standard InChI is InChI=1S/C27H30N2O2S/c1-27(22-14-8-4-9-15-22,23-16-10-5-11-17-23)20-28-26(31)24(18-19-32-2)29-25(30)21-12-6-3-7-13-21/h3-17,24H,18-20H2,1-2H3,(H,28,31)(H,29,30). The Bertz CT molecular complexity index is 954. The van der Waals surface area contributed by atoms with Crippen molar-refractivity contribution in [1.82, 2.24) is 10.6 Å². The topological polar surface area (TPSA) is 58.2 Å². The summed E-state index contributed by atoms with van der Waals surface area (Å²) in [6.07, 6.45) is 2.56. The summed E-state index contributed by atoms with van der Waals surface area (Å²) in [4.78, 5) is 25.9. The van der Waals surface area contributed by atoms with Gasteiger partial charge in [0.15, 0.2) is 0 Å². The fourth-order valence-electron chi connectivity index (χ4n) is 3.71. The molecule has 0 aromatic heterocycles. The average molecular weight is 447 g/mol. The maximum atomic E-state index is 13.2. The molecule has 1 unspecified atom stereocenters. The molecule has 4 nitrogen and oxygen atoms in total. The van der Waals surface area contributed by atoms with Gasteiger partial charge in [0.1, 0.15) is 6.04 Å². The minimum absolute atomic E-state index is 0.165. The molecule has 0 radical (unpaired) electrons. The molecule has 2 N–H and O–H groups in total. The van der Waals surface area contributed by atoms with Crippen LogP contribution in [0.2, 0.25) is 0 Å². The van der Waals surface area contributed by atoms with E-state index in [-0.39, 0.29) is 11.8 Å². The van der Waals surface area contributed by atoms with Crippen molar-refractivity contribution in [1.29, 1.82) is 0 Å². The van der Waals surface area contributed by atoms with Gasteiger partial charge < -0.3 is 10.6 Å². The van der Waals surface area contributed by atoms with Gasteiger partial charge in [-0.3, -0.25) is 9.59 Å². The second-order valence-electron chi connectivity index (χ2n) is 7.96. The number of rotatable bonds is 10. The van der Waals surface area contributed by atoms with Crippen molar-refractivity contribution in [2.45, 2.75) is 24.8 Å². The molecule has 0 aliphatic rings. The summed E-state index contributed by atoms with van der Waals surface area (Å²) in [5, 5.41) is 6.04. The lowest BCUT2D eigenvalue weighted by atomic mass is 9.76. The number of nitrogens with one attached hydrogen (secondary N) is 2. The Hall–Kier alpha value is -3.05. The van der Waals surface area contributed by atoms with Gasteiger partial charge in [-0.15, -0.1) is 0 Å². The van der Waals surface area contributed by atoms with Crippen molar-refractivity contribution in [3.63, 3.8) is 0 Å². The van der Waals surface area contributed by atoms with E-state index in [9.17, 15) is 9.59 Å². The Morgan fingerprint density at radius 3 is 1.84 bits per heavy atom. The second-order valence-corrected chi connectivity index (χ2v) is 8.94. The third kappa shape index (κ3) is 6.01. The van der Waals surface area contributed by atoms with Crippen LogP contribution in [0.5, 0.6) is 0 Å². The first-order chi connectivity index (χ1) is 15.5. The normalized spacial score (nSPS) is 12.1. The van der Waals surface area contributed by atoms with Crippen LogP contribution in [-0.2, 0) is 10.2 Å². The molecule has 0 heterocycles. The zero-order valence-corrected chi connectivity index (χ0v) is 19.4. The predicted octanol–water partition coefficient (Wildman–Crippen LogP) is 4.66. The predicted molar refractivity (Wildman–Crippen MR) is 133 cm³/mol. The first kappa shape index (κ1) is 23.6. The van der Waals surface area contributed by atoms with E-state index >= 15 is 0 Å². The number of carbonyl (C=O) groups is 2. The lowest BCUT2D eigenvalue weighted by Gasteiger charge is -2.32. The number of benzene rings is 3. The first-order valence-corrected chi connectivity index (χ1v) is 12.2. The van der Waals surface area contributed by atoms with E-state index in [4.69, 9.17) is 0 Å². The van der Waals surface area contributed by atoms with Gasteiger partial charge in [0, 0.05) is 17.5 Å². The highest BCUT2D eigenvalue weighted by atomic mass is 32.2. The van der Waals surface area contributed by atoms with Crippen molar-refractivity contribution in [3.8, 4) is 0 Å². The van der Waals surface area contributed by atoms with Crippen LogP contribution in [0.4, 0.5) is 0 Å². The minimum Gasteiger partial charge on any atom is -0.353 e. The molecule has 0 bridgehead atoms. The number of amides is 2. The SMILES string of the molecule is CSCCC(NC(=O)c1ccccc1)C(=O)NCC(C)(c1ccccc1)c1ccccc1. The van der Waals surface area contributed by atoms with Crippen molar-refractivity contribution in [2.75, 3.05) is 18.6 Å². The van der Waals surface area contributed by atoms with E-state index < -0.39 is 11.5 Å². The Kier molecular flexibility index (Phi) is 8.51. The van der Waals surface area contributed by atoms with Crippen LogP contribution < -0.4 is 10.6 Å². The van der Waals surface area contributed by atoms with Gasteiger partial charge in [-0.25, -0.2) is 0 Å². The van der Waals surface area contributed by atoms with Gasteiger partial charge in [-0.1, -0.05) is 78.9 Å². The summed E-state index contributed by atoms with van der Waals surface area (Å²) in [5.74, 6) is 0.379. The molecule has 5 heteroatoms.